The molecule has 1 aliphatic carbocycles. The van der Waals surface area contributed by atoms with Crippen LogP contribution in [0.5, 0.6) is 0 Å². The third kappa shape index (κ3) is 4.06. The first kappa shape index (κ1) is 15.5. The quantitative estimate of drug-likeness (QED) is 0.808. The molecule has 23 heavy (non-hydrogen) atoms. The van der Waals surface area contributed by atoms with Crippen LogP contribution in [0.2, 0.25) is 0 Å². The van der Waals surface area contributed by atoms with E-state index >= 15 is 0 Å². The van der Waals surface area contributed by atoms with Gasteiger partial charge in [-0.3, -0.25) is 10.1 Å². The van der Waals surface area contributed by atoms with E-state index in [0.717, 1.165) is 18.4 Å². The van der Waals surface area contributed by atoms with Gasteiger partial charge >= 0.3 is 6.03 Å². The van der Waals surface area contributed by atoms with E-state index in [1.807, 2.05) is 19.1 Å². The van der Waals surface area contributed by atoms with E-state index in [4.69, 9.17) is 0 Å². The predicted molar refractivity (Wildman–Crippen MR) is 86.6 cm³/mol. The van der Waals surface area contributed by atoms with E-state index in [2.05, 4.69) is 30.8 Å². The van der Waals surface area contributed by atoms with Gasteiger partial charge in [-0.2, -0.15) is 5.10 Å². The summed E-state index contributed by atoms with van der Waals surface area (Å²) in [5.74, 6) is 1.21. The molecule has 7 heteroatoms. The Hall–Kier alpha value is -2.44. The second-order valence-corrected chi connectivity index (χ2v) is 5.96. The number of nitrogens with zero attached hydrogens (tertiary/aromatic N) is 3. The van der Waals surface area contributed by atoms with Crippen LogP contribution < -0.4 is 10.6 Å². The van der Waals surface area contributed by atoms with Crippen molar-refractivity contribution in [2.24, 2.45) is 0 Å². The molecule has 0 aliphatic heterocycles. The standard InChI is InChI=1S/C16H22N6O/c1-11(18-16(23)19-13-7-3-2-4-8-13)14-20-15(22-21-14)12-6-5-9-17-10-12/h5-6,9-11,13H,2-4,7-8H2,1H3,(H2,18,19,23)(H,20,21,22). The maximum Gasteiger partial charge on any atom is 0.315 e. The minimum atomic E-state index is -0.239. The van der Waals surface area contributed by atoms with Crippen LogP contribution >= 0.6 is 0 Å². The number of hydrogen-bond acceptors (Lipinski definition) is 4. The number of pyridine rings is 1. The van der Waals surface area contributed by atoms with E-state index in [9.17, 15) is 4.79 Å². The molecule has 2 amide bonds. The van der Waals surface area contributed by atoms with Gasteiger partial charge in [-0.05, 0) is 31.9 Å². The van der Waals surface area contributed by atoms with E-state index in [0.29, 0.717) is 11.6 Å². The highest BCUT2D eigenvalue weighted by Gasteiger charge is 2.18. The Bertz CT molecular complexity index is 635. The van der Waals surface area contributed by atoms with Crippen LogP contribution in [0.4, 0.5) is 4.79 Å². The van der Waals surface area contributed by atoms with Crippen LogP contribution in [0.25, 0.3) is 11.4 Å². The highest BCUT2D eigenvalue weighted by atomic mass is 16.2. The fraction of sp³-hybridized carbons (Fsp3) is 0.500. The van der Waals surface area contributed by atoms with Crippen molar-refractivity contribution >= 4 is 6.03 Å². The van der Waals surface area contributed by atoms with Gasteiger partial charge in [-0.15, -0.1) is 0 Å². The molecular formula is C16H22N6O. The third-order valence-electron chi connectivity index (χ3n) is 4.12. The molecule has 0 spiro atoms. The Morgan fingerprint density at radius 1 is 1.35 bits per heavy atom. The second kappa shape index (κ2) is 7.21. The van der Waals surface area contributed by atoms with E-state index in [1.165, 1.54) is 19.3 Å². The average molecular weight is 314 g/mol. The van der Waals surface area contributed by atoms with Crippen LogP contribution in [-0.4, -0.2) is 32.2 Å². The number of carbonyl (C=O) groups excluding carboxylic acids is 1. The number of aromatic amines is 1. The minimum Gasteiger partial charge on any atom is -0.335 e. The highest BCUT2D eigenvalue weighted by Crippen LogP contribution is 2.18. The van der Waals surface area contributed by atoms with Crippen molar-refractivity contribution in [1.29, 1.82) is 0 Å². The summed E-state index contributed by atoms with van der Waals surface area (Å²) in [6, 6.07) is 3.63. The van der Waals surface area contributed by atoms with Gasteiger partial charge in [0.2, 0.25) is 0 Å². The molecule has 0 radical (unpaired) electrons. The summed E-state index contributed by atoms with van der Waals surface area (Å²) in [4.78, 5) is 20.6. The number of rotatable bonds is 4. The number of urea groups is 1. The van der Waals surface area contributed by atoms with Crippen molar-refractivity contribution in [3.8, 4) is 11.4 Å². The molecule has 2 aromatic heterocycles. The van der Waals surface area contributed by atoms with Gasteiger partial charge in [0.05, 0.1) is 6.04 Å². The second-order valence-electron chi connectivity index (χ2n) is 5.96. The third-order valence-corrected chi connectivity index (χ3v) is 4.12. The van der Waals surface area contributed by atoms with E-state index in [-0.39, 0.29) is 18.1 Å². The molecule has 1 unspecified atom stereocenters. The van der Waals surface area contributed by atoms with Crippen LogP contribution in [0.3, 0.4) is 0 Å². The maximum atomic E-state index is 12.1. The topological polar surface area (TPSA) is 95.6 Å². The maximum absolute atomic E-state index is 12.1. The lowest BCUT2D eigenvalue weighted by molar-refractivity contribution is 0.229. The molecule has 7 nitrogen and oxygen atoms in total. The van der Waals surface area contributed by atoms with Gasteiger partial charge in [0.1, 0.15) is 5.82 Å². The Morgan fingerprint density at radius 2 is 2.17 bits per heavy atom. The number of carbonyl (C=O) groups is 1. The molecule has 2 aromatic rings. The number of nitrogens with one attached hydrogen (secondary N) is 3. The van der Waals surface area contributed by atoms with Crippen LogP contribution in [0, 0.1) is 0 Å². The number of hydrogen-bond donors (Lipinski definition) is 3. The lowest BCUT2D eigenvalue weighted by atomic mass is 9.96. The highest BCUT2D eigenvalue weighted by molar-refractivity contribution is 5.74. The number of amides is 2. The molecule has 1 atom stereocenters. The molecule has 2 heterocycles. The summed E-state index contributed by atoms with van der Waals surface area (Å²) in [5, 5.41) is 13.0. The first-order chi connectivity index (χ1) is 11.2. The molecular weight excluding hydrogens is 292 g/mol. The SMILES string of the molecule is CC(NC(=O)NC1CCCCC1)c1nc(-c2cccnc2)n[nH]1. The molecule has 1 aliphatic rings. The number of H-pyrrole nitrogens is 1. The van der Waals surface area contributed by atoms with E-state index in [1.54, 1.807) is 12.4 Å². The molecule has 3 rings (SSSR count). The first-order valence-electron chi connectivity index (χ1n) is 8.12. The van der Waals surface area contributed by atoms with Gasteiger partial charge in [-0.1, -0.05) is 19.3 Å². The summed E-state index contributed by atoms with van der Waals surface area (Å²) in [6.45, 7) is 1.88. The van der Waals surface area contributed by atoms with Crippen molar-refractivity contribution in [1.82, 2.24) is 30.8 Å². The summed E-state index contributed by atoms with van der Waals surface area (Å²) >= 11 is 0. The fourth-order valence-corrected chi connectivity index (χ4v) is 2.83. The monoisotopic (exact) mass is 314 g/mol. The Labute approximate surface area is 135 Å². The zero-order valence-electron chi connectivity index (χ0n) is 13.2. The van der Waals surface area contributed by atoms with Crippen molar-refractivity contribution in [2.75, 3.05) is 0 Å². The van der Waals surface area contributed by atoms with Crippen molar-refractivity contribution in [2.45, 2.75) is 51.1 Å². The fourth-order valence-electron chi connectivity index (χ4n) is 2.83. The Morgan fingerprint density at radius 3 is 2.91 bits per heavy atom. The molecule has 122 valence electrons. The summed E-state index contributed by atoms with van der Waals surface area (Å²) in [7, 11) is 0. The summed E-state index contributed by atoms with van der Waals surface area (Å²) in [5.41, 5.74) is 0.842. The van der Waals surface area contributed by atoms with Gasteiger partial charge in [0.25, 0.3) is 0 Å². The molecule has 3 N–H and O–H groups in total. The largest absolute Gasteiger partial charge is 0.335 e. The van der Waals surface area contributed by atoms with Crippen molar-refractivity contribution < 1.29 is 4.79 Å². The average Bonchev–Trinajstić information content (AvgIpc) is 3.06. The smallest absolute Gasteiger partial charge is 0.315 e. The summed E-state index contributed by atoms with van der Waals surface area (Å²) < 4.78 is 0. The molecule has 1 fully saturated rings. The lowest BCUT2D eigenvalue weighted by Gasteiger charge is -2.23. The van der Waals surface area contributed by atoms with Gasteiger partial charge in [0, 0.05) is 24.0 Å². The predicted octanol–water partition coefficient (Wildman–Crippen LogP) is 2.56. The van der Waals surface area contributed by atoms with Gasteiger partial charge in [0.15, 0.2) is 5.82 Å². The zero-order valence-corrected chi connectivity index (χ0v) is 13.2. The zero-order chi connectivity index (χ0) is 16.1. The van der Waals surface area contributed by atoms with Crippen LogP contribution in [0.15, 0.2) is 24.5 Å². The number of aromatic nitrogens is 4. The van der Waals surface area contributed by atoms with E-state index < -0.39 is 0 Å². The Balaban J connectivity index is 1.56. The van der Waals surface area contributed by atoms with Crippen molar-refractivity contribution in [3.05, 3.63) is 30.4 Å². The Kier molecular flexibility index (Phi) is 4.85. The van der Waals surface area contributed by atoms with Crippen LogP contribution in [-0.2, 0) is 0 Å². The lowest BCUT2D eigenvalue weighted by Crippen LogP contribution is -2.43. The molecule has 1 saturated carbocycles. The molecule has 0 aromatic carbocycles. The van der Waals surface area contributed by atoms with Gasteiger partial charge < -0.3 is 10.6 Å². The minimum absolute atomic E-state index is 0.149. The van der Waals surface area contributed by atoms with Crippen LogP contribution in [0.1, 0.15) is 50.9 Å². The van der Waals surface area contributed by atoms with Gasteiger partial charge in [-0.25, -0.2) is 9.78 Å². The molecule has 0 saturated heterocycles. The molecule has 0 bridgehead atoms. The summed E-state index contributed by atoms with van der Waals surface area (Å²) in [6.07, 6.45) is 9.20. The normalized spacial score (nSPS) is 16.7. The van der Waals surface area contributed by atoms with Crippen molar-refractivity contribution in [3.63, 3.8) is 0 Å². The first-order valence-corrected chi connectivity index (χ1v) is 8.12.